The summed E-state index contributed by atoms with van der Waals surface area (Å²) >= 11 is 6.25. The van der Waals surface area contributed by atoms with Crippen molar-refractivity contribution in [1.29, 1.82) is 0 Å². The molecule has 0 aliphatic carbocycles. The second-order valence-corrected chi connectivity index (χ2v) is 17.4. The first-order chi connectivity index (χ1) is 8.26. The molecule has 1 nitrogen and oxygen atoms in total. The molecule has 0 radical (unpaired) electrons. The van der Waals surface area contributed by atoms with Gasteiger partial charge in [0.15, 0.2) is 0 Å². The van der Waals surface area contributed by atoms with E-state index in [4.69, 9.17) is 4.74 Å². The number of aryl methyl sites for hydroxylation is 1. The summed E-state index contributed by atoms with van der Waals surface area (Å²) in [4.78, 5) is 0. The fraction of sp³-hybridized carbons (Fsp3) is 0.0769. The average Bonchev–Trinajstić information content (AvgIpc) is 2.31. The maximum absolute atomic E-state index is 5.66. The SMILES string of the molecule is Cc1cccc(Oc2ccccc2)c1.[Br][Zn][Br]. The van der Waals surface area contributed by atoms with Crippen molar-refractivity contribution in [2.45, 2.75) is 6.92 Å². The molecule has 0 bridgehead atoms. The zero-order chi connectivity index (χ0) is 12.5. The van der Waals surface area contributed by atoms with Gasteiger partial charge in [-0.25, -0.2) is 0 Å². The van der Waals surface area contributed by atoms with Gasteiger partial charge < -0.3 is 4.74 Å². The van der Waals surface area contributed by atoms with Crippen LogP contribution in [0.3, 0.4) is 0 Å². The number of benzene rings is 2. The number of hydrogen-bond acceptors (Lipinski definition) is 1. The van der Waals surface area contributed by atoms with Gasteiger partial charge in [-0.05, 0) is 36.8 Å². The van der Waals surface area contributed by atoms with Gasteiger partial charge in [0.1, 0.15) is 11.5 Å². The molecular weight excluding hydrogens is 397 g/mol. The minimum atomic E-state index is -0.250. The summed E-state index contributed by atoms with van der Waals surface area (Å²) in [6.45, 7) is 2.05. The maximum atomic E-state index is 5.66. The predicted molar refractivity (Wildman–Crippen MR) is 75.5 cm³/mol. The first-order valence-electron chi connectivity index (χ1n) is 5.17. The molecule has 86 valence electrons. The van der Waals surface area contributed by atoms with Gasteiger partial charge in [-0.1, -0.05) is 30.3 Å². The van der Waals surface area contributed by atoms with Crippen molar-refractivity contribution in [1.82, 2.24) is 0 Å². The number of para-hydroxylation sites is 1. The Morgan fingerprint density at radius 3 is 2.06 bits per heavy atom. The monoisotopic (exact) mass is 406 g/mol. The molecule has 0 fully saturated rings. The first kappa shape index (κ1) is 14.9. The van der Waals surface area contributed by atoms with E-state index in [1.54, 1.807) is 0 Å². The molecule has 0 aromatic heterocycles. The van der Waals surface area contributed by atoms with Crippen molar-refractivity contribution in [3.63, 3.8) is 0 Å². The van der Waals surface area contributed by atoms with E-state index >= 15 is 0 Å². The summed E-state index contributed by atoms with van der Waals surface area (Å²) in [5.74, 6) is 1.76. The van der Waals surface area contributed by atoms with Crippen LogP contribution in [0.15, 0.2) is 54.6 Å². The molecule has 4 heteroatoms. The van der Waals surface area contributed by atoms with Gasteiger partial charge in [0, 0.05) is 0 Å². The van der Waals surface area contributed by atoms with Crippen molar-refractivity contribution in [2.24, 2.45) is 0 Å². The zero-order valence-electron chi connectivity index (χ0n) is 9.57. The third kappa shape index (κ3) is 6.35. The normalized spacial score (nSPS) is 8.65. The summed E-state index contributed by atoms with van der Waals surface area (Å²) in [5, 5.41) is 0. The summed E-state index contributed by atoms with van der Waals surface area (Å²) in [6.07, 6.45) is 0. The van der Waals surface area contributed by atoms with Gasteiger partial charge >= 0.3 is 40.5 Å². The van der Waals surface area contributed by atoms with Gasteiger partial charge in [-0.3, -0.25) is 0 Å². The summed E-state index contributed by atoms with van der Waals surface area (Å²) < 4.78 is 5.66. The van der Waals surface area contributed by atoms with Gasteiger partial charge in [-0.2, -0.15) is 0 Å². The van der Waals surface area contributed by atoms with Crippen molar-refractivity contribution >= 4 is 27.2 Å². The molecule has 0 aliphatic rings. The van der Waals surface area contributed by atoms with Crippen LogP contribution in [0.4, 0.5) is 0 Å². The summed E-state index contributed by atoms with van der Waals surface area (Å²) in [7, 11) is 0. The Morgan fingerprint density at radius 1 is 0.882 bits per heavy atom. The number of hydrogen-bond donors (Lipinski definition) is 0. The predicted octanol–water partition coefficient (Wildman–Crippen LogP) is 5.48. The fourth-order valence-electron chi connectivity index (χ4n) is 1.30. The standard InChI is InChI=1S/C13H12O.2BrH.Zn/c1-11-6-5-9-13(10-11)14-12-7-3-2-4-8-12;;;/h2-10H,1H3;2*1H;/q;;;+2/p-2. The van der Waals surface area contributed by atoms with Crippen LogP contribution in [0.1, 0.15) is 5.56 Å². The third-order valence-electron chi connectivity index (χ3n) is 1.97. The Labute approximate surface area is 123 Å². The van der Waals surface area contributed by atoms with Crippen molar-refractivity contribution in [2.75, 3.05) is 0 Å². The third-order valence-corrected chi connectivity index (χ3v) is 1.97. The minimum absolute atomic E-state index is 0.250. The number of ether oxygens (including phenoxy) is 1. The number of halogens is 2. The Morgan fingerprint density at radius 2 is 1.47 bits per heavy atom. The molecule has 0 aliphatic heterocycles. The molecule has 17 heavy (non-hydrogen) atoms. The van der Waals surface area contributed by atoms with E-state index in [-0.39, 0.29) is 13.2 Å². The van der Waals surface area contributed by atoms with Gasteiger partial charge in [0.2, 0.25) is 0 Å². The molecule has 2 aromatic rings. The van der Waals surface area contributed by atoms with E-state index in [0.29, 0.717) is 0 Å². The molecular formula is C13H12Br2OZn. The fourth-order valence-corrected chi connectivity index (χ4v) is 1.30. The molecule has 0 atom stereocenters. The number of rotatable bonds is 2. The van der Waals surface area contributed by atoms with E-state index in [0.717, 1.165) is 11.5 Å². The van der Waals surface area contributed by atoms with E-state index in [1.807, 2.05) is 48.5 Å². The van der Waals surface area contributed by atoms with E-state index in [9.17, 15) is 0 Å². The Bertz CT molecular complexity index is 434. The van der Waals surface area contributed by atoms with Crippen molar-refractivity contribution in [3.05, 3.63) is 60.2 Å². The molecule has 0 spiro atoms. The second kappa shape index (κ2) is 8.85. The molecule has 0 amide bonds. The molecule has 2 rings (SSSR count). The van der Waals surface area contributed by atoms with Crippen LogP contribution in [0.5, 0.6) is 11.5 Å². The Hall–Kier alpha value is -0.177. The molecule has 0 N–H and O–H groups in total. The van der Waals surface area contributed by atoms with E-state index < -0.39 is 0 Å². The van der Waals surface area contributed by atoms with E-state index in [1.165, 1.54) is 5.56 Å². The van der Waals surface area contributed by atoms with Crippen LogP contribution in [0.2, 0.25) is 0 Å². The zero-order valence-corrected chi connectivity index (χ0v) is 15.7. The first-order valence-corrected chi connectivity index (χ1v) is 19.1. The average molecular weight is 409 g/mol. The Balaban J connectivity index is 0.000000437. The molecule has 0 saturated heterocycles. The molecule has 0 heterocycles. The van der Waals surface area contributed by atoms with Gasteiger partial charge in [-0.15, -0.1) is 0 Å². The van der Waals surface area contributed by atoms with Crippen molar-refractivity contribution < 1.29 is 17.9 Å². The summed E-state index contributed by atoms with van der Waals surface area (Å²) in [6, 6.07) is 17.8. The van der Waals surface area contributed by atoms with Crippen LogP contribution in [-0.2, 0) is 13.2 Å². The van der Waals surface area contributed by atoms with Gasteiger partial charge in [0.05, 0.1) is 0 Å². The van der Waals surface area contributed by atoms with Gasteiger partial charge in [0.25, 0.3) is 0 Å². The van der Waals surface area contributed by atoms with Crippen molar-refractivity contribution in [3.8, 4) is 11.5 Å². The second-order valence-electron chi connectivity index (χ2n) is 3.33. The van der Waals surface area contributed by atoms with Crippen LogP contribution in [0.25, 0.3) is 0 Å². The Kier molecular flexibility index (Phi) is 7.75. The molecule has 0 saturated carbocycles. The van der Waals surface area contributed by atoms with Crippen LogP contribution < -0.4 is 4.74 Å². The van der Waals surface area contributed by atoms with Crippen LogP contribution >= 0.6 is 27.2 Å². The topological polar surface area (TPSA) is 9.23 Å². The van der Waals surface area contributed by atoms with Crippen LogP contribution in [0, 0.1) is 6.92 Å². The van der Waals surface area contributed by atoms with E-state index in [2.05, 4.69) is 40.2 Å². The summed E-state index contributed by atoms with van der Waals surface area (Å²) in [5.41, 5.74) is 1.21. The molecule has 0 unspecified atom stereocenters. The van der Waals surface area contributed by atoms with Crippen LogP contribution in [-0.4, -0.2) is 0 Å². The molecule has 2 aromatic carbocycles. The quantitative estimate of drug-likeness (QED) is 0.597.